The smallest absolute Gasteiger partial charge is 0.289 e. The minimum absolute atomic E-state index is 0.0524. The van der Waals surface area contributed by atoms with E-state index in [1.54, 1.807) is 12.4 Å². The summed E-state index contributed by atoms with van der Waals surface area (Å²) >= 11 is 0. The minimum atomic E-state index is -1.11. The number of anilines is 2. The van der Waals surface area contributed by atoms with Gasteiger partial charge in [0.1, 0.15) is 36.9 Å². The molecule has 6 aliphatic rings. The molecule has 3 saturated carbocycles. The molecule has 2 bridgehead atoms. The number of pyridine rings is 2. The molecule has 4 aromatic heterocycles. The summed E-state index contributed by atoms with van der Waals surface area (Å²) in [6, 6.07) is 0.190. The van der Waals surface area contributed by atoms with E-state index in [-0.39, 0.29) is 83.3 Å². The van der Waals surface area contributed by atoms with Crippen molar-refractivity contribution >= 4 is 35.3 Å². The molecule has 19 heteroatoms. The third-order valence-electron chi connectivity index (χ3n) is 13.5. The van der Waals surface area contributed by atoms with Crippen LogP contribution in [0.5, 0.6) is 11.5 Å². The lowest BCUT2D eigenvalue weighted by atomic mass is 9.64. The van der Waals surface area contributed by atoms with Crippen molar-refractivity contribution in [3.05, 3.63) is 82.2 Å². The highest BCUT2D eigenvalue weighted by Crippen LogP contribution is 2.51. The highest BCUT2D eigenvalue weighted by molar-refractivity contribution is 6.02. The summed E-state index contributed by atoms with van der Waals surface area (Å²) in [5.74, 6) is -2.92. The number of halogens is 2. The molecule has 17 nitrogen and oxygen atoms in total. The average Bonchev–Trinajstić information content (AvgIpc) is 3.47. The summed E-state index contributed by atoms with van der Waals surface area (Å²) < 4.78 is 47.4. The highest BCUT2D eigenvalue weighted by Gasteiger charge is 2.41. The Hall–Kier alpha value is -6.24. The van der Waals surface area contributed by atoms with Crippen LogP contribution in [-0.2, 0) is 14.3 Å². The number of likely N-dealkylation sites (N-methyl/N-ethyl adjacent to an activating group) is 2. The van der Waals surface area contributed by atoms with E-state index in [0.29, 0.717) is 26.1 Å². The number of nitrogens with zero attached hydrogens (tertiary/aromatic N) is 8. The van der Waals surface area contributed by atoms with Gasteiger partial charge in [-0.15, -0.1) is 0 Å². The number of carbonyl (C=O) groups is 4. The number of nitrogens with one attached hydrogen (secondary N) is 2. The Morgan fingerprint density at radius 1 is 0.641 bits per heavy atom. The Morgan fingerprint density at radius 2 is 1.16 bits per heavy atom. The van der Waals surface area contributed by atoms with Crippen molar-refractivity contribution in [2.45, 2.75) is 95.1 Å². The monoisotopic (exact) mass is 880 g/mol. The maximum Gasteiger partial charge on any atom is 0.289 e. The fourth-order valence-corrected chi connectivity index (χ4v) is 10.1. The second kappa shape index (κ2) is 17.7. The lowest BCUT2D eigenvalue weighted by Crippen LogP contribution is -2.49. The molecule has 64 heavy (non-hydrogen) atoms. The number of aromatic nitrogens is 6. The van der Waals surface area contributed by atoms with Crippen molar-refractivity contribution in [2.75, 3.05) is 50.3 Å². The molecule has 3 aliphatic heterocycles. The van der Waals surface area contributed by atoms with Crippen LogP contribution in [0.4, 0.5) is 20.4 Å². The summed E-state index contributed by atoms with van der Waals surface area (Å²) in [5.41, 5.74) is 3.44. The third-order valence-corrected chi connectivity index (χ3v) is 13.5. The Kier molecular flexibility index (Phi) is 11.9. The van der Waals surface area contributed by atoms with Crippen molar-refractivity contribution in [1.82, 2.24) is 40.5 Å². The van der Waals surface area contributed by atoms with Crippen LogP contribution in [0.2, 0.25) is 0 Å². The van der Waals surface area contributed by atoms with E-state index in [4.69, 9.17) is 24.2 Å². The van der Waals surface area contributed by atoms with Crippen LogP contribution < -0.4 is 29.9 Å². The molecule has 3 aliphatic carbocycles. The Balaban J connectivity index is 0.903. The van der Waals surface area contributed by atoms with Gasteiger partial charge in [-0.05, 0) is 88.2 Å². The maximum absolute atomic E-state index is 16.4. The molecule has 10 rings (SSSR count). The zero-order valence-electron chi connectivity index (χ0n) is 36.1. The van der Waals surface area contributed by atoms with Gasteiger partial charge in [-0.25, -0.2) is 38.7 Å². The molecule has 4 atom stereocenters. The van der Waals surface area contributed by atoms with Gasteiger partial charge in [0.05, 0.1) is 23.3 Å². The van der Waals surface area contributed by atoms with E-state index < -0.39 is 47.3 Å². The van der Waals surface area contributed by atoms with Crippen molar-refractivity contribution in [3.63, 3.8) is 0 Å². The Morgan fingerprint density at radius 3 is 1.75 bits per heavy atom. The number of fused-ring (bicyclic) bond motifs is 7. The SMILES string of the molecule is Cc1cnc(C(=O)NC2COc3cc(F)c(C4CCC(c5nc(C(=O)N[C@H]6COc7cc(F)cnc7N(C)C6=O)ncc5C)C5CCC4CC5)nc3N(C)C2=O)nc1C1CCOCC1. The summed E-state index contributed by atoms with van der Waals surface area (Å²) in [5, 5.41) is 5.43. The number of hydrogen-bond donors (Lipinski definition) is 2. The molecule has 4 amide bonds. The second-order valence-electron chi connectivity index (χ2n) is 17.5. The number of aryl methyl sites for hydroxylation is 2. The molecular formula is C45H50F2N10O7. The molecule has 4 aromatic rings. The molecule has 336 valence electrons. The zero-order chi connectivity index (χ0) is 44.8. The van der Waals surface area contributed by atoms with Crippen LogP contribution in [0.15, 0.2) is 30.7 Å². The number of rotatable bonds is 7. The van der Waals surface area contributed by atoms with Gasteiger partial charge >= 0.3 is 0 Å². The van der Waals surface area contributed by atoms with Crippen LogP contribution in [0.3, 0.4) is 0 Å². The number of ether oxygens (including phenoxy) is 3. The van der Waals surface area contributed by atoms with Gasteiger partial charge in [0.25, 0.3) is 23.6 Å². The molecule has 1 saturated heterocycles. The van der Waals surface area contributed by atoms with Crippen LogP contribution in [0.25, 0.3) is 0 Å². The van der Waals surface area contributed by atoms with E-state index in [9.17, 15) is 23.6 Å². The molecule has 0 spiro atoms. The largest absolute Gasteiger partial charge is 0.487 e. The van der Waals surface area contributed by atoms with Crippen LogP contribution in [0.1, 0.15) is 119 Å². The second-order valence-corrected chi connectivity index (χ2v) is 17.5. The van der Waals surface area contributed by atoms with E-state index in [2.05, 4.69) is 30.6 Å². The molecular weight excluding hydrogens is 831 g/mol. The van der Waals surface area contributed by atoms with E-state index in [1.807, 2.05) is 13.8 Å². The lowest BCUT2D eigenvalue weighted by Gasteiger charge is -2.41. The van der Waals surface area contributed by atoms with E-state index in [1.165, 1.54) is 30.0 Å². The fraction of sp³-hybridized carbons (Fsp3) is 0.511. The summed E-state index contributed by atoms with van der Waals surface area (Å²) in [4.78, 5) is 83.7. The average molecular weight is 881 g/mol. The minimum Gasteiger partial charge on any atom is -0.487 e. The molecule has 3 unspecified atom stereocenters. The predicted molar refractivity (Wildman–Crippen MR) is 225 cm³/mol. The van der Waals surface area contributed by atoms with Crippen LogP contribution in [-0.4, -0.2) is 106 Å². The van der Waals surface area contributed by atoms with Gasteiger partial charge < -0.3 is 24.8 Å². The topological polar surface area (TPSA) is 204 Å². The molecule has 4 fully saturated rings. The Labute approximate surface area is 368 Å². The number of amides is 4. The van der Waals surface area contributed by atoms with Gasteiger partial charge in [-0.2, -0.15) is 0 Å². The molecule has 0 radical (unpaired) electrons. The first-order valence-corrected chi connectivity index (χ1v) is 21.9. The van der Waals surface area contributed by atoms with Crippen molar-refractivity contribution in [3.8, 4) is 11.5 Å². The normalized spacial score (nSPS) is 24.8. The van der Waals surface area contributed by atoms with Gasteiger partial charge in [0.15, 0.2) is 23.1 Å². The van der Waals surface area contributed by atoms with Gasteiger partial charge in [0, 0.05) is 69.6 Å². The molecule has 7 heterocycles. The predicted octanol–water partition coefficient (Wildman–Crippen LogP) is 4.62. The maximum atomic E-state index is 16.4. The van der Waals surface area contributed by atoms with Gasteiger partial charge in [-0.1, -0.05) is 0 Å². The lowest BCUT2D eigenvalue weighted by molar-refractivity contribution is -0.121. The van der Waals surface area contributed by atoms with Crippen molar-refractivity contribution in [1.29, 1.82) is 0 Å². The fourth-order valence-electron chi connectivity index (χ4n) is 10.1. The van der Waals surface area contributed by atoms with E-state index in [0.717, 1.165) is 73.3 Å². The quantitative estimate of drug-likeness (QED) is 0.261. The number of hydrogen-bond acceptors (Lipinski definition) is 13. The molecule has 2 N–H and O–H groups in total. The van der Waals surface area contributed by atoms with E-state index >= 15 is 4.39 Å². The standard InChI is InChI=1S/C45H50F2N10O7/c1-22-17-48-38(53-35(22)26-11-13-62-14-12-26)42(58)52-32-21-64-34-16-30(47)37(55-41(34)57(4)45(32)61)29-10-9-28(24-5-7-25(29)8-6-24)36-23(2)18-49-39(54-36)43(59)51-31-20-63-33-15-27(46)19-50-40(33)56(3)44(31)60/h15-19,24-26,28-29,31-32H,5-14,20-21H2,1-4H3,(H,51,59)(H,52,58)/t24?,25?,28?,29?,31-,32?/m0/s1. The molecule has 0 aromatic carbocycles. The third kappa shape index (κ3) is 8.32. The van der Waals surface area contributed by atoms with Crippen LogP contribution in [0, 0.1) is 37.3 Å². The van der Waals surface area contributed by atoms with Gasteiger partial charge in [0.2, 0.25) is 11.6 Å². The number of carbonyl (C=O) groups excluding carboxylic acids is 4. The zero-order valence-corrected chi connectivity index (χ0v) is 36.1. The Bertz CT molecular complexity index is 2500. The first-order chi connectivity index (χ1) is 30.8. The summed E-state index contributed by atoms with van der Waals surface area (Å²) in [6.07, 6.45) is 10.4. The highest BCUT2D eigenvalue weighted by atomic mass is 19.1. The van der Waals surface area contributed by atoms with Crippen molar-refractivity contribution < 1.29 is 42.2 Å². The van der Waals surface area contributed by atoms with Crippen molar-refractivity contribution in [2.24, 2.45) is 11.8 Å². The summed E-state index contributed by atoms with van der Waals surface area (Å²) in [6.45, 7) is 4.54. The van der Waals surface area contributed by atoms with Gasteiger partial charge in [-0.3, -0.25) is 29.0 Å². The first kappa shape index (κ1) is 43.0. The van der Waals surface area contributed by atoms with Crippen LogP contribution >= 0.6 is 0 Å². The first-order valence-electron chi connectivity index (χ1n) is 21.9. The summed E-state index contributed by atoms with van der Waals surface area (Å²) in [7, 11) is 3.01.